The van der Waals surface area contributed by atoms with Crippen LogP contribution in [0.5, 0.6) is 0 Å². The van der Waals surface area contributed by atoms with Crippen LogP contribution in [0.4, 0.5) is 0 Å². The highest BCUT2D eigenvalue weighted by Gasteiger charge is 1.90. The SMILES string of the molecule is C=C1N=CON1. The van der Waals surface area contributed by atoms with Crippen molar-refractivity contribution >= 4 is 6.40 Å². The summed E-state index contributed by atoms with van der Waals surface area (Å²) in [4.78, 5) is 8.00. The van der Waals surface area contributed by atoms with Crippen molar-refractivity contribution in [3.05, 3.63) is 12.4 Å². The fourth-order valence-electron chi connectivity index (χ4n) is 0.211. The van der Waals surface area contributed by atoms with Crippen LogP contribution in [0.15, 0.2) is 17.4 Å². The number of rotatable bonds is 0. The standard InChI is InChI=1S/C3H4N2O/c1-3-4-2-6-5-3/h2,5H,1H2. The van der Waals surface area contributed by atoms with Gasteiger partial charge < -0.3 is 4.84 Å². The summed E-state index contributed by atoms with van der Waals surface area (Å²) in [6.07, 6.45) is 1.29. The van der Waals surface area contributed by atoms with Crippen molar-refractivity contribution in [2.24, 2.45) is 4.99 Å². The van der Waals surface area contributed by atoms with Crippen molar-refractivity contribution in [3.8, 4) is 0 Å². The van der Waals surface area contributed by atoms with E-state index in [1.807, 2.05) is 0 Å². The molecule has 0 aromatic rings. The summed E-state index contributed by atoms with van der Waals surface area (Å²) in [5, 5.41) is 0. The summed E-state index contributed by atoms with van der Waals surface area (Å²) in [5.74, 6) is 0.551. The summed E-state index contributed by atoms with van der Waals surface area (Å²) < 4.78 is 0. The summed E-state index contributed by atoms with van der Waals surface area (Å²) in [7, 11) is 0. The zero-order valence-corrected chi connectivity index (χ0v) is 3.14. The van der Waals surface area contributed by atoms with E-state index >= 15 is 0 Å². The number of hydrogen-bond acceptors (Lipinski definition) is 3. The fraction of sp³-hybridized carbons (Fsp3) is 0. The van der Waals surface area contributed by atoms with E-state index in [2.05, 4.69) is 21.9 Å². The van der Waals surface area contributed by atoms with Gasteiger partial charge in [-0.3, -0.25) is 0 Å². The van der Waals surface area contributed by atoms with E-state index in [1.165, 1.54) is 6.40 Å². The third kappa shape index (κ3) is 0.337. The molecule has 1 rings (SSSR count). The van der Waals surface area contributed by atoms with Crippen molar-refractivity contribution in [3.63, 3.8) is 0 Å². The number of nitrogens with one attached hydrogen (secondary N) is 1. The zero-order valence-electron chi connectivity index (χ0n) is 3.14. The maximum atomic E-state index is 4.42. The first-order chi connectivity index (χ1) is 2.89. The molecule has 3 nitrogen and oxygen atoms in total. The number of aliphatic imine (C=N–C) groups is 1. The van der Waals surface area contributed by atoms with Gasteiger partial charge in [-0.1, -0.05) is 6.58 Å². The van der Waals surface area contributed by atoms with Gasteiger partial charge in [0.25, 0.3) is 0 Å². The molecule has 0 fully saturated rings. The van der Waals surface area contributed by atoms with Crippen LogP contribution in [0.2, 0.25) is 0 Å². The van der Waals surface area contributed by atoms with E-state index in [9.17, 15) is 0 Å². The van der Waals surface area contributed by atoms with E-state index in [4.69, 9.17) is 0 Å². The van der Waals surface area contributed by atoms with E-state index in [1.54, 1.807) is 0 Å². The van der Waals surface area contributed by atoms with Crippen molar-refractivity contribution in [1.82, 2.24) is 5.48 Å². The molecule has 0 atom stereocenters. The van der Waals surface area contributed by atoms with Gasteiger partial charge in [0.2, 0.25) is 6.40 Å². The number of nitrogens with zero attached hydrogens (tertiary/aromatic N) is 1. The maximum absolute atomic E-state index is 4.42. The Morgan fingerprint density at radius 1 is 2.00 bits per heavy atom. The second kappa shape index (κ2) is 1.01. The molecule has 0 radical (unpaired) electrons. The van der Waals surface area contributed by atoms with Crippen molar-refractivity contribution in [2.45, 2.75) is 0 Å². The summed E-state index contributed by atoms with van der Waals surface area (Å²) in [6, 6.07) is 0. The molecule has 0 spiro atoms. The quantitative estimate of drug-likeness (QED) is 0.449. The summed E-state index contributed by atoms with van der Waals surface area (Å²) in [6.45, 7) is 3.42. The first-order valence-corrected chi connectivity index (χ1v) is 1.53. The first kappa shape index (κ1) is 3.21. The highest BCUT2D eigenvalue weighted by atomic mass is 16.7. The van der Waals surface area contributed by atoms with Crippen LogP contribution in [-0.4, -0.2) is 6.40 Å². The minimum absolute atomic E-state index is 0.551. The molecule has 0 aromatic heterocycles. The predicted octanol–water partition coefficient (Wildman–Crippen LogP) is 0.0207. The van der Waals surface area contributed by atoms with Crippen LogP contribution in [0.25, 0.3) is 0 Å². The third-order valence-electron chi connectivity index (χ3n) is 0.438. The maximum Gasteiger partial charge on any atom is 0.211 e. The van der Waals surface area contributed by atoms with Gasteiger partial charge in [-0.25, -0.2) is 5.48 Å². The Bertz CT molecular complexity index is 97.0. The largest absolute Gasteiger partial charge is 0.368 e. The van der Waals surface area contributed by atoms with Crippen LogP contribution in [0, 0.1) is 0 Å². The molecule has 1 aliphatic heterocycles. The fourth-order valence-corrected chi connectivity index (χ4v) is 0.211. The Kier molecular flexibility index (Phi) is 0.538. The number of hydroxylamine groups is 1. The smallest absolute Gasteiger partial charge is 0.211 e. The molecular formula is C3H4N2O. The average Bonchev–Trinajstić information content (AvgIpc) is 1.86. The van der Waals surface area contributed by atoms with Gasteiger partial charge >= 0.3 is 0 Å². The molecule has 3 heteroatoms. The second-order valence-electron chi connectivity index (χ2n) is 0.901. The molecule has 6 heavy (non-hydrogen) atoms. The van der Waals surface area contributed by atoms with Crippen LogP contribution >= 0.6 is 0 Å². The molecule has 1 N–H and O–H groups in total. The molecule has 0 amide bonds. The molecule has 0 unspecified atom stereocenters. The topological polar surface area (TPSA) is 33.6 Å². The van der Waals surface area contributed by atoms with E-state index in [0.717, 1.165) is 0 Å². The zero-order chi connectivity index (χ0) is 4.41. The Balaban J connectivity index is 2.59. The molecule has 0 saturated carbocycles. The summed E-state index contributed by atoms with van der Waals surface area (Å²) in [5.41, 5.74) is 2.40. The van der Waals surface area contributed by atoms with Gasteiger partial charge in [-0.2, -0.15) is 4.99 Å². The lowest BCUT2D eigenvalue weighted by Crippen LogP contribution is -2.00. The van der Waals surface area contributed by atoms with Crippen LogP contribution < -0.4 is 5.48 Å². The Morgan fingerprint density at radius 3 is 3.00 bits per heavy atom. The van der Waals surface area contributed by atoms with E-state index < -0.39 is 0 Å². The molecule has 1 aliphatic rings. The van der Waals surface area contributed by atoms with Crippen LogP contribution in [0.3, 0.4) is 0 Å². The van der Waals surface area contributed by atoms with Crippen molar-refractivity contribution in [2.75, 3.05) is 0 Å². The lowest BCUT2D eigenvalue weighted by molar-refractivity contribution is 0.250. The Morgan fingerprint density at radius 2 is 2.83 bits per heavy atom. The number of hydrogen-bond donors (Lipinski definition) is 1. The molecular weight excluding hydrogens is 80.0 g/mol. The monoisotopic (exact) mass is 84.0 g/mol. The second-order valence-corrected chi connectivity index (χ2v) is 0.901. The Hall–Kier alpha value is -0.990. The molecule has 0 bridgehead atoms. The third-order valence-corrected chi connectivity index (χ3v) is 0.438. The molecule has 0 aromatic carbocycles. The normalized spacial score (nSPS) is 17.0. The predicted molar refractivity (Wildman–Crippen MR) is 21.9 cm³/mol. The van der Waals surface area contributed by atoms with E-state index in [0.29, 0.717) is 5.82 Å². The van der Waals surface area contributed by atoms with Gasteiger partial charge in [0.15, 0.2) is 5.82 Å². The lowest BCUT2D eigenvalue weighted by atomic mass is 10.9. The Labute approximate surface area is 35.3 Å². The van der Waals surface area contributed by atoms with Gasteiger partial charge in [0.05, 0.1) is 0 Å². The lowest BCUT2D eigenvalue weighted by Gasteiger charge is -1.85. The van der Waals surface area contributed by atoms with Crippen molar-refractivity contribution < 1.29 is 4.84 Å². The van der Waals surface area contributed by atoms with Crippen molar-refractivity contribution in [1.29, 1.82) is 0 Å². The highest BCUT2D eigenvalue weighted by Crippen LogP contribution is 1.88. The average molecular weight is 84.1 g/mol. The van der Waals surface area contributed by atoms with Gasteiger partial charge in [0, 0.05) is 0 Å². The minimum Gasteiger partial charge on any atom is -0.368 e. The summed E-state index contributed by atoms with van der Waals surface area (Å²) >= 11 is 0. The van der Waals surface area contributed by atoms with Gasteiger partial charge in [-0.15, -0.1) is 0 Å². The highest BCUT2D eigenvalue weighted by molar-refractivity contribution is 5.50. The van der Waals surface area contributed by atoms with Gasteiger partial charge in [0.1, 0.15) is 0 Å². The molecule has 0 saturated heterocycles. The van der Waals surface area contributed by atoms with E-state index in [-0.39, 0.29) is 0 Å². The molecule has 0 aliphatic carbocycles. The molecule has 1 heterocycles. The van der Waals surface area contributed by atoms with Crippen LogP contribution in [0.1, 0.15) is 0 Å². The van der Waals surface area contributed by atoms with Crippen LogP contribution in [-0.2, 0) is 4.84 Å². The molecule has 32 valence electrons. The van der Waals surface area contributed by atoms with Gasteiger partial charge in [-0.05, 0) is 0 Å². The minimum atomic E-state index is 0.551. The first-order valence-electron chi connectivity index (χ1n) is 1.53.